The largest absolute Gasteiger partial charge is 0.344 e. The number of nitrogens with zero attached hydrogens (tertiary/aromatic N) is 3. The van der Waals surface area contributed by atoms with Gasteiger partial charge in [0.1, 0.15) is 0 Å². The second-order valence-corrected chi connectivity index (χ2v) is 5.59. The van der Waals surface area contributed by atoms with Gasteiger partial charge in [0, 0.05) is 42.5 Å². The van der Waals surface area contributed by atoms with Crippen molar-refractivity contribution in [3.63, 3.8) is 0 Å². The molecule has 0 bridgehead atoms. The van der Waals surface area contributed by atoms with Gasteiger partial charge in [-0.1, -0.05) is 6.07 Å². The molecule has 0 aliphatic heterocycles. The zero-order valence-corrected chi connectivity index (χ0v) is 12.5. The van der Waals surface area contributed by atoms with Gasteiger partial charge in [0.25, 0.3) is 0 Å². The quantitative estimate of drug-likeness (QED) is 0.878. The maximum atomic E-state index is 4.57. The van der Waals surface area contributed by atoms with Crippen LogP contribution in [0.25, 0.3) is 0 Å². The topological polar surface area (TPSA) is 41.1 Å². The van der Waals surface area contributed by atoms with E-state index in [1.807, 2.05) is 27.2 Å². The molecule has 102 valence electrons. The predicted octanol–water partition coefficient (Wildman–Crippen LogP) is 2.24. The van der Waals surface area contributed by atoms with Crippen molar-refractivity contribution in [3.05, 3.63) is 39.8 Å². The van der Waals surface area contributed by atoms with E-state index < -0.39 is 0 Å². The van der Waals surface area contributed by atoms with Gasteiger partial charge in [0.05, 0.1) is 0 Å². The van der Waals surface area contributed by atoms with Crippen molar-refractivity contribution < 1.29 is 0 Å². The fraction of sp³-hybridized carbons (Fsp3) is 0.429. The molecule has 0 radical (unpaired) electrons. The van der Waals surface area contributed by atoms with Crippen molar-refractivity contribution in [2.24, 2.45) is 0 Å². The van der Waals surface area contributed by atoms with Crippen molar-refractivity contribution in [1.29, 1.82) is 0 Å². The Morgan fingerprint density at radius 1 is 1.42 bits per heavy atom. The molecule has 0 saturated heterocycles. The number of aryl methyl sites for hydroxylation is 1. The van der Waals surface area contributed by atoms with Crippen LogP contribution in [0, 0.1) is 6.92 Å². The molecule has 2 aromatic rings. The molecule has 2 aromatic heterocycles. The van der Waals surface area contributed by atoms with Gasteiger partial charge in [-0.3, -0.25) is 0 Å². The first-order valence-corrected chi connectivity index (χ1v) is 7.29. The Morgan fingerprint density at radius 3 is 2.89 bits per heavy atom. The number of nitrogens with one attached hydrogen (secondary N) is 1. The van der Waals surface area contributed by atoms with Crippen molar-refractivity contribution in [2.45, 2.75) is 19.9 Å². The van der Waals surface area contributed by atoms with E-state index in [4.69, 9.17) is 0 Å². The van der Waals surface area contributed by atoms with Gasteiger partial charge in [-0.25, -0.2) is 9.97 Å². The van der Waals surface area contributed by atoms with Gasteiger partial charge in [-0.05, 0) is 31.8 Å². The molecule has 0 fully saturated rings. The van der Waals surface area contributed by atoms with E-state index >= 15 is 0 Å². The van der Waals surface area contributed by atoms with Crippen LogP contribution in [0.1, 0.15) is 16.1 Å². The van der Waals surface area contributed by atoms with Gasteiger partial charge >= 0.3 is 0 Å². The molecule has 0 amide bonds. The summed E-state index contributed by atoms with van der Waals surface area (Å²) in [6, 6.07) is 4.26. The Balaban J connectivity index is 1.98. The highest BCUT2D eigenvalue weighted by molar-refractivity contribution is 7.09. The minimum atomic E-state index is 0.800. The van der Waals surface area contributed by atoms with E-state index in [1.54, 1.807) is 11.3 Å². The van der Waals surface area contributed by atoms with E-state index in [9.17, 15) is 0 Å². The van der Waals surface area contributed by atoms with E-state index in [-0.39, 0.29) is 0 Å². The van der Waals surface area contributed by atoms with Crippen LogP contribution >= 0.6 is 11.3 Å². The molecular weight excluding hydrogens is 256 g/mol. The van der Waals surface area contributed by atoms with Crippen LogP contribution in [0.3, 0.4) is 0 Å². The SMILES string of the molecule is CNCc1cnc(N(C)CCc2cccs2)nc1C. The summed E-state index contributed by atoms with van der Waals surface area (Å²) in [5, 5.41) is 5.24. The molecule has 0 aliphatic carbocycles. The summed E-state index contributed by atoms with van der Waals surface area (Å²) < 4.78 is 0. The van der Waals surface area contributed by atoms with Crippen molar-refractivity contribution >= 4 is 17.3 Å². The third-order valence-electron chi connectivity index (χ3n) is 3.05. The molecule has 0 aliphatic rings. The van der Waals surface area contributed by atoms with Crippen LogP contribution in [0.5, 0.6) is 0 Å². The second-order valence-electron chi connectivity index (χ2n) is 4.56. The molecular formula is C14H20N4S. The molecule has 0 atom stereocenters. The fourth-order valence-corrected chi connectivity index (χ4v) is 2.56. The molecule has 0 spiro atoms. The van der Waals surface area contributed by atoms with Gasteiger partial charge < -0.3 is 10.2 Å². The number of likely N-dealkylation sites (N-methyl/N-ethyl adjacent to an activating group) is 1. The normalized spacial score (nSPS) is 10.7. The van der Waals surface area contributed by atoms with E-state index in [0.717, 1.165) is 36.7 Å². The molecule has 4 nitrogen and oxygen atoms in total. The minimum absolute atomic E-state index is 0.800. The van der Waals surface area contributed by atoms with Gasteiger partial charge in [-0.2, -0.15) is 0 Å². The van der Waals surface area contributed by atoms with Crippen LogP contribution in [-0.2, 0) is 13.0 Å². The summed E-state index contributed by atoms with van der Waals surface area (Å²) in [7, 11) is 3.97. The highest BCUT2D eigenvalue weighted by Gasteiger charge is 2.07. The molecule has 0 unspecified atom stereocenters. The average molecular weight is 276 g/mol. The number of hydrogen-bond donors (Lipinski definition) is 1. The smallest absolute Gasteiger partial charge is 0.225 e. The molecule has 2 heterocycles. The lowest BCUT2D eigenvalue weighted by atomic mass is 10.2. The molecule has 1 N–H and O–H groups in total. The van der Waals surface area contributed by atoms with Crippen molar-refractivity contribution in [3.8, 4) is 0 Å². The maximum absolute atomic E-state index is 4.57. The Hall–Kier alpha value is -1.46. The lowest BCUT2D eigenvalue weighted by Crippen LogP contribution is -2.23. The van der Waals surface area contributed by atoms with Crippen LogP contribution in [0.2, 0.25) is 0 Å². The van der Waals surface area contributed by atoms with Gasteiger partial charge in [0.15, 0.2) is 0 Å². The van der Waals surface area contributed by atoms with Crippen LogP contribution < -0.4 is 10.2 Å². The zero-order chi connectivity index (χ0) is 13.7. The van der Waals surface area contributed by atoms with Crippen LogP contribution in [0.15, 0.2) is 23.7 Å². The number of hydrogen-bond acceptors (Lipinski definition) is 5. The molecule has 0 saturated carbocycles. The number of thiophene rings is 1. The van der Waals surface area contributed by atoms with Gasteiger partial charge in [0.2, 0.25) is 5.95 Å². The zero-order valence-electron chi connectivity index (χ0n) is 11.7. The first-order chi connectivity index (χ1) is 9.20. The summed E-state index contributed by atoms with van der Waals surface area (Å²) in [6.45, 7) is 3.78. The Morgan fingerprint density at radius 2 is 2.26 bits per heavy atom. The molecule has 19 heavy (non-hydrogen) atoms. The number of rotatable bonds is 6. The van der Waals surface area contributed by atoms with Gasteiger partial charge in [-0.15, -0.1) is 11.3 Å². The lowest BCUT2D eigenvalue weighted by Gasteiger charge is -2.17. The first-order valence-electron chi connectivity index (χ1n) is 6.41. The highest BCUT2D eigenvalue weighted by atomic mass is 32.1. The van der Waals surface area contributed by atoms with E-state index in [1.165, 1.54) is 4.88 Å². The third kappa shape index (κ3) is 3.75. The lowest BCUT2D eigenvalue weighted by molar-refractivity contribution is 0.783. The Labute approximate surface area is 118 Å². The maximum Gasteiger partial charge on any atom is 0.225 e. The number of anilines is 1. The monoisotopic (exact) mass is 276 g/mol. The highest BCUT2D eigenvalue weighted by Crippen LogP contribution is 2.13. The first kappa shape index (κ1) is 14.0. The van der Waals surface area contributed by atoms with Crippen molar-refractivity contribution in [1.82, 2.24) is 15.3 Å². The second kappa shape index (κ2) is 6.63. The molecule has 0 aromatic carbocycles. The molecule has 2 rings (SSSR count). The fourth-order valence-electron chi connectivity index (χ4n) is 1.86. The Bertz CT molecular complexity index is 510. The number of aromatic nitrogens is 2. The average Bonchev–Trinajstić information content (AvgIpc) is 2.91. The summed E-state index contributed by atoms with van der Waals surface area (Å²) in [5.74, 6) is 0.800. The standard InChI is InChI=1S/C14H20N4S/c1-11-12(9-15-2)10-16-14(17-11)18(3)7-6-13-5-4-8-19-13/h4-5,8,10,15H,6-7,9H2,1-3H3. The predicted molar refractivity (Wildman–Crippen MR) is 80.8 cm³/mol. The summed E-state index contributed by atoms with van der Waals surface area (Å²) in [5.41, 5.74) is 2.19. The van der Waals surface area contributed by atoms with E-state index in [0.29, 0.717) is 0 Å². The minimum Gasteiger partial charge on any atom is -0.344 e. The van der Waals surface area contributed by atoms with Crippen molar-refractivity contribution in [2.75, 3.05) is 25.5 Å². The summed E-state index contributed by atoms with van der Waals surface area (Å²) in [6.07, 6.45) is 2.95. The van der Waals surface area contributed by atoms with Crippen LogP contribution in [-0.4, -0.2) is 30.6 Å². The summed E-state index contributed by atoms with van der Waals surface area (Å²) in [4.78, 5) is 12.5. The molecule has 5 heteroatoms. The third-order valence-corrected chi connectivity index (χ3v) is 3.99. The summed E-state index contributed by atoms with van der Waals surface area (Å²) >= 11 is 1.80. The van der Waals surface area contributed by atoms with E-state index in [2.05, 4.69) is 37.7 Å². The van der Waals surface area contributed by atoms with Crippen LogP contribution in [0.4, 0.5) is 5.95 Å². The Kier molecular flexibility index (Phi) is 4.87.